The average molecular weight is 578 g/mol. The second-order valence-corrected chi connectivity index (χ2v) is 10.5. The predicted molar refractivity (Wildman–Crippen MR) is 168 cm³/mol. The Morgan fingerprint density at radius 2 is 1.83 bits per heavy atom. The molecule has 210 valence electrons. The monoisotopic (exact) mass is 577 g/mol. The number of thiazole rings is 1. The van der Waals surface area contributed by atoms with E-state index in [1.165, 1.54) is 6.21 Å². The van der Waals surface area contributed by atoms with Gasteiger partial charge in [-0.05, 0) is 56.3 Å². The maximum absolute atomic E-state index is 12.5. The minimum atomic E-state index is -0.542. The van der Waals surface area contributed by atoms with Gasteiger partial charge < -0.3 is 14.1 Å². The first-order valence-electron chi connectivity index (χ1n) is 13.6. The van der Waals surface area contributed by atoms with Gasteiger partial charge in [0, 0.05) is 35.6 Å². The number of hydrazone groups is 1. The summed E-state index contributed by atoms with van der Waals surface area (Å²) in [6, 6.07) is 24.8. The van der Waals surface area contributed by atoms with Crippen molar-refractivity contribution in [2.24, 2.45) is 5.10 Å². The Bertz CT molecular complexity index is 1980. The molecule has 3 aromatic heterocycles. The topological polar surface area (TPSA) is 110 Å². The highest BCUT2D eigenvalue weighted by molar-refractivity contribution is 7.21. The summed E-state index contributed by atoms with van der Waals surface area (Å²) in [5.41, 5.74) is 5.85. The molecule has 6 aromatic rings. The highest BCUT2D eigenvalue weighted by atomic mass is 32.1. The van der Waals surface area contributed by atoms with Gasteiger partial charge in [0.1, 0.15) is 21.9 Å². The maximum atomic E-state index is 12.5. The molecule has 1 N–H and O–H groups in total. The Hall–Kier alpha value is -5.09. The summed E-state index contributed by atoms with van der Waals surface area (Å²) < 4.78 is 12.4. The molecule has 0 aliphatic heterocycles. The third-order valence-corrected chi connectivity index (χ3v) is 7.88. The summed E-state index contributed by atoms with van der Waals surface area (Å²) in [5.74, 6) is -0.0199. The third kappa shape index (κ3) is 5.57. The number of fused-ring (bicyclic) bond motifs is 3. The second kappa shape index (κ2) is 11.8. The fourth-order valence-electron chi connectivity index (χ4n) is 4.68. The number of nitrogens with zero attached hydrogens (tertiary/aromatic N) is 4. The number of hydrogen-bond acceptors (Lipinski definition) is 9. The van der Waals surface area contributed by atoms with E-state index in [4.69, 9.17) is 19.1 Å². The van der Waals surface area contributed by atoms with Crippen molar-refractivity contribution in [3.63, 3.8) is 0 Å². The summed E-state index contributed by atoms with van der Waals surface area (Å²) in [6.07, 6.45) is 1.27. The zero-order chi connectivity index (χ0) is 29.1. The van der Waals surface area contributed by atoms with Crippen LogP contribution in [0.25, 0.3) is 42.8 Å². The molecule has 0 fully saturated rings. The molecular weight excluding hydrogens is 550 g/mol. The molecule has 3 heterocycles. The first kappa shape index (κ1) is 27.1. The lowest BCUT2D eigenvalue weighted by molar-refractivity contribution is -0.123. The fourth-order valence-corrected chi connectivity index (χ4v) is 5.61. The first-order chi connectivity index (χ1) is 20.5. The van der Waals surface area contributed by atoms with Crippen molar-refractivity contribution < 1.29 is 13.9 Å². The van der Waals surface area contributed by atoms with Gasteiger partial charge in [0.2, 0.25) is 0 Å². The van der Waals surface area contributed by atoms with Crippen LogP contribution in [0.4, 0.5) is 5.69 Å². The van der Waals surface area contributed by atoms with Crippen molar-refractivity contribution in [3.8, 4) is 16.5 Å². The molecular formula is C32H27N5O4S. The number of benzene rings is 3. The van der Waals surface area contributed by atoms with Crippen LogP contribution in [0.2, 0.25) is 0 Å². The van der Waals surface area contributed by atoms with Crippen LogP contribution < -0.4 is 20.7 Å². The maximum Gasteiger partial charge on any atom is 0.345 e. The minimum absolute atomic E-state index is 0.222. The van der Waals surface area contributed by atoms with Crippen LogP contribution in [0.15, 0.2) is 93.2 Å². The zero-order valence-electron chi connectivity index (χ0n) is 23.0. The van der Waals surface area contributed by atoms with E-state index >= 15 is 0 Å². The van der Waals surface area contributed by atoms with Crippen molar-refractivity contribution in [2.45, 2.75) is 13.8 Å². The number of ether oxygens (including phenoxy) is 1. The van der Waals surface area contributed by atoms with Crippen molar-refractivity contribution in [1.82, 2.24) is 15.4 Å². The Labute approximate surface area is 245 Å². The van der Waals surface area contributed by atoms with Crippen LogP contribution in [0.3, 0.4) is 0 Å². The predicted octanol–water partition coefficient (Wildman–Crippen LogP) is 5.99. The number of carbonyl (C=O) groups excluding carboxylic acids is 1. The van der Waals surface area contributed by atoms with Gasteiger partial charge in [0.15, 0.2) is 6.61 Å². The van der Waals surface area contributed by atoms with Crippen molar-refractivity contribution in [3.05, 3.63) is 94.8 Å². The summed E-state index contributed by atoms with van der Waals surface area (Å²) in [5, 5.41) is 6.38. The van der Waals surface area contributed by atoms with Crippen molar-refractivity contribution >= 4 is 61.2 Å². The third-order valence-electron chi connectivity index (χ3n) is 6.82. The minimum Gasteiger partial charge on any atom is -0.481 e. The van der Waals surface area contributed by atoms with E-state index in [9.17, 15) is 9.59 Å². The van der Waals surface area contributed by atoms with Gasteiger partial charge in [-0.15, -0.1) is 11.3 Å². The lowest BCUT2D eigenvalue weighted by Gasteiger charge is -2.20. The highest BCUT2D eigenvalue weighted by Crippen LogP contribution is 2.32. The number of pyridine rings is 1. The number of rotatable bonds is 9. The van der Waals surface area contributed by atoms with E-state index < -0.39 is 11.5 Å². The molecule has 0 saturated heterocycles. The average Bonchev–Trinajstić information content (AvgIpc) is 3.45. The molecule has 0 bridgehead atoms. The quantitative estimate of drug-likeness (QED) is 0.128. The van der Waals surface area contributed by atoms with Gasteiger partial charge in [-0.25, -0.2) is 20.2 Å². The molecule has 1 amide bonds. The lowest BCUT2D eigenvalue weighted by atomic mass is 10.1. The van der Waals surface area contributed by atoms with Gasteiger partial charge >= 0.3 is 5.63 Å². The Kier molecular flexibility index (Phi) is 7.61. The normalized spacial score (nSPS) is 11.5. The smallest absolute Gasteiger partial charge is 0.345 e. The molecule has 42 heavy (non-hydrogen) atoms. The van der Waals surface area contributed by atoms with Crippen LogP contribution in [-0.4, -0.2) is 41.8 Å². The standard InChI is InChI=1S/C32H27N5O4S/c1-3-37(4-2)23-14-12-21-16-22(32(39)41-27(21)17-23)18-33-36-29(38)19-40-26-10-7-8-20-13-15-25(34-30(20)26)31-35-24-9-5-6-11-28(24)42-31/h5-18H,3-4,19H2,1-2H3,(H,36,38)/b33-18+. The SMILES string of the molecule is CCN(CC)c1ccc2cc(/C=N/NC(=O)COc3cccc4ccc(-c5nc6ccccc6s5)nc34)c(=O)oc2c1. The molecule has 9 nitrogen and oxygen atoms in total. The largest absolute Gasteiger partial charge is 0.481 e. The van der Waals surface area contributed by atoms with E-state index in [0.29, 0.717) is 16.8 Å². The van der Waals surface area contributed by atoms with Crippen LogP contribution in [-0.2, 0) is 4.79 Å². The van der Waals surface area contributed by atoms with Crippen molar-refractivity contribution in [1.29, 1.82) is 0 Å². The van der Waals surface area contributed by atoms with Gasteiger partial charge in [-0.2, -0.15) is 5.10 Å². The molecule has 0 unspecified atom stereocenters. The summed E-state index contributed by atoms with van der Waals surface area (Å²) in [6.45, 7) is 5.56. The molecule has 10 heteroatoms. The number of carbonyl (C=O) groups is 1. The van der Waals surface area contributed by atoms with E-state index in [-0.39, 0.29) is 12.2 Å². The van der Waals surface area contributed by atoms with Gasteiger partial charge in [0.25, 0.3) is 5.91 Å². The van der Waals surface area contributed by atoms with E-state index in [0.717, 1.165) is 50.5 Å². The fraction of sp³-hybridized carbons (Fsp3) is 0.156. The van der Waals surface area contributed by atoms with Crippen LogP contribution in [0.5, 0.6) is 5.75 Å². The van der Waals surface area contributed by atoms with Gasteiger partial charge in [-0.1, -0.05) is 30.3 Å². The van der Waals surface area contributed by atoms with Gasteiger partial charge in [0.05, 0.1) is 27.7 Å². The zero-order valence-corrected chi connectivity index (χ0v) is 23.9. The molecule has 0 aliphatic carbocycles. The second-order valence-electron chi connectivity index (χ2n) is 9.48. The molecule has 3 aromatic carbocycles. The number of nitrogens with one attached hydrogen (secondary N) is 1. The van der Waals surface area contributed by atoms with Gasteiger partial charge in [-0.3, -0.25) is 4.79 Å². The van der Waals surface area contributed by atoms with E-state index in [1.807, 2.05) is 66.7 Å². The highest BCUT2D eigenvalue weighted by Gasteiger charge is 2.12. The van der Waals surface area contributed by atoms with E-state index in [2.05, 4.69) is 29.3 Å². The molecule has 0 radical (unpaired) electrons. The Morgan fingerprint density at radius 3 is 2.67 bits per heavy atom. The van der Waals surface area contributed by atoms with E-state index in [1.54, 1.807) is 23.5 Å². The summed E-state index contributed by atoms with van der Waals surface area (Å²) >= 11 is 1.57. The number of hydrogen-bond donors (Lipinski definition) is 1. The molecule has 0 aliphatic rings. The first-order valence-corrected chi connectivity index (χ1v) is 14.4. The number of amides is 1. The van der Waals surface area contributed by atoms with Crippen LogP contribution in [0, 0.1) is 0 Å². The summed E-state index contributed by atoms with van der Waals surface area (Å²) in [4.78, 5) is 36.7. The molecule has 0 saturated carbocycles. The summed E-state index contributed by atoms with van der Waals surface area (Å²) in [7, 11) is 0. The Balaban J connectivity index is 1.13. The van der Waals surface area contributed by atoms with Crippen molar-refractivity contribution in [2.75, 3.05) is 24.6 Å². The Morgan fingerprint density at radius 1 is 1.00 bits per heavy atom. The molecule has 6 rings (SSSR count). The molecule has 0 atom stereocenters. The number of para-hydroxylation sites is 2. The van der Waals surface area contributed by atoms with Crippen LogP contribution in [0.1, 0.15) is 19.4 Å². The molecule has 0 spiro atoms. The number of aromatic nitrogens is 2. The van der Waals surface area contributed by atoms with Crippen LogP contribution >= 0.6 is 11.3 Å². The number of anilines is 1. The lowest BCUT2D eigenvalue weighted by Crippen LogP contribution is -2.25.